The molecule has 0 unspecified atom stereocenters. The monoisotopic (exact) mass is 487 g/mol. The van der Waals surface area contributed by atoms with Gasteiger partial charge in [0.05, 0.1) is 29.4 Å². The number of hydrogen-bond donors (Lipinski definition) is 1. The molecule has 2 aliphatic rings. The van der Waals surface area contributed by atoms with Crippen LogP contribution in [0.5, 0.6) is 0 Å². The maximum absolute atomic E-state index is 13.9. The van der Waals surface area contributed by atoms with Crippen LogP contribution in [-0.2, 0) is 0 Å². The van der Waals surface area contributed by atoms with Crippen molar-refractivity contribution in [1.29, 1.82) is 0 Å². The summed E-state index contributed by atoms with van der Waals surface area (Å²) in [5.41, 5.74) is 2.00. The molecule has 0 aliphatic carbocycles. The van der Waals surface area contributed by atoms with Crippen molar-refractivity contribution in [3.63, 3.8) is 0 Å². The summed E-state index contributed by atoms with van der Waals surface area (Å²) in [7, 11) is 0. The van der Waals surface area contributed by atoms with Gasteiger partial charge >= 0.3 is 0 Å². The molecule has 3 aromatic rings. The first-order valence-corrected chi connectivity index (χ1v) is 11.3. The Labute approximate surface area is 203 Å². The van der Waals surface area contributed by atoms with E-state index in [2.05, 4.69) is 10.4 Å². The molecule has 2 fully saturated rings. The molecule has 1 N–H and O–H groups in total. The number of furan rings is 1. The largest absolute Gasteiger partial charge is 0.459 e. The molecule has 1 aromatic carbocycles. The van der Waals surface area contributed by atoms with Gasteiger partial charge in [0, 0.05) is 32.1 Å². The second-order valence-electron chi connectivity index (χ2n) is 8.42. The number of aromatic nitrogens is 2. The van der Waals surface area contributed by atoms with Gasteiger partial charge in [-0.25, -0.2) is 9.07 Å². The second kappa shape index (κ2) is 10.4. The van der Waals surface area contributed by atoms with E-state index in [9.17, 15) is 14.0 Å². The van der Waals surface area contributed by atoms with Crippen LogP contribution in [0.25, 0.3) is 5.69 Å². The molecule has 2 saturated heterocycles. The predicted molar refractivity (Wildman–Crippen MR) is 126 cm³/mol. The number of piperidine rings is 1. The lowest BCUT2D eigenvalue weighted by molar-refractivity contribution is 0.0517. The van der Waals surface area contributed by atoms with Gasteiger partial charge in [0.1, 0.15) is 5.82 Å². The Morgan fingerprint density at radius 2 is 1.71 bits per heavy atom. The smallest absolute Gasteiger partial charge is 0.289 e. The number of rotatable bonds is 4. The Hall–Kier alpha value is -3.17. The Balaban J connectivity index is 0.00000274. The van der Waals surface area contributed by atoms with Crippen molar-refractivity contribution < 1.29 is 18.4 Å². The molecule has 2 aliphatic heterocycles. The topological polar surface area (TPSA) is 83.6 Å². The molecule has 0 spiro atoms. The van der Waals surface area contributed by atoms with Crippen molar-refractivity contribution in [3.8, 4) is 5.69 Å². The summed E-state index contributed by atoms with van der Waals surface area (Å²) in [6, 6.07) is 9.61. The zero-order valence-electron chi connectivity index (χ0n) is 18.7. The molecule has 10 heteroatoms. The van der Waals surface area contributed by atoms with Crippen molar-refractivity contribution in [3.05, 3.63) is 71.7 Å². The molecule has 2 aromatic heterocycles. The van der Waals surface area contributed by atoms with Gasteiger partial charge < -0.3 is 19.5 Å². The first-order chi connectivity index (χ1) is 16.1. The van der Waals surface area contributed by atoms with Crippen LogP contribution >= 0.6 is 12.4 Å². The molecule has 5 rings (SSSR count). The van der Waals surface area contributed by atoms with Gasteiger partial charge in [-0.1, -0.05) is 6.07 Å². The van der Waals surface area contributed by atoms with E-state index in [0.717, 1.165) is 31.6 Å². The Morgan fingerprint density at radius 3 is 2.35 bits per heavy atom. The van der Waals surface area contributed by atoms with Gasteiger partial charge in [-0.3, -0.25) is 9.59 Å². The first kappa shape index (κ1) is 24.0. The molecule has 0 radical (unpaired) electrons. The normalized spacial score (nSPS) is 16.9. The number of piperazine rings is 1. The van der Waals surface area contributed by atoms with Crippen LogP contribution in [0.1, 0.15) is 45.4 Å². The lowest BCUT2D eigenvalue weighted by Crippen LogP contribution is -2.50. The Kier molecular flexibility index (Phi) is 7.33. The fraction of sp³-hybridized carbons (Fsp3) is 0.375. The van der Waals surface area contributed by atoms with Crippen LogP contribution in [0.2, 0.25) is 0 Å². The summed E-state index contributed by atoms with van der Waals surface area (Å²) >= 11 is 0. The lowest BCUT2D eigenvalue weighted by Gasteiger charge is -2.34. The highest BCUT2D eigenvalue weighted by atomic mass is 35.5. The molecule has 8 nitrogen and oxygen atoms in total. The molecule has 0 saturated carbocycles. The van der Waals surface area contributed by atoms with Crippen LogP contribution in [-0.4, -0.2) is 70.7 Å². The minimum absolute atomic E-state index is 0. The van der Waals surface area contributed by atoms with E-state index in [0.29, 0.717) is 43.2 Å². The fourth-order valence-corrected chi connectivity index (χ4v) is 4.66. The number of nitrogens with zero attached hydrogens (tertiary/aromatic N) is 4. The third-order valence-corrected chi connectivity index (χ3v) is 6.40. The van der Waals surface area contributed by atoms with Gasteiger partial charge in [-0.15, -0.1) is 12.4 Å². The fourth-order valence-electron chi connectivity index (χ4n) is 4.66. The number of hydrogen-bond acceptors (Lipinski definition) is 5. The van der Waals surface area contributed by atoms with Gasteiger partial charge in [-0.2, -0.15) is 5.10 Å². The number of nitrogens with one attached hydrogen (secondary N) is 1. The molecule has 4 heterocycles. The van der Waals surface area contributed by atoms with E-state index < -0.39 is 0 Å². The van der Waals surface area contributed by atoms with Crippen LogP contribution in [0.15, 0.2) is 53.3 Å². The van der Waals surface area contributed by atoms with Crippen molar-refractivity contribution in [2.45, 2.75) is 18.8 Å². The van der Waals surface area contributed by atoms with E-state index >= 15 is 0 Å². The summed E-state index contributed by atoms with van der Waals surface area (Å²) in [4.78, 5) is 29.5. The van der Waals surface area contributed by atoms with Gasteiger partial charge in [-0.05, 0) is 56.3 Å². The van der Waals surface area contributed by atoms with Crippen molar-refractivity contribution in [1.82, 2.24) is 24.9 Å². The zero-order valence-corrected chi connectivity index (χ0v) is 19.5. The van der Waals surface area contributed by atoms with Crippen LogP contribution in [0.3, 0.4) is 0 Å². The van der Waals surface area contributed by atoms with E-state index in [1.54, 1.807) is 44.9 Å². The molecule has 180 valence electrons. The minimum atomic E-state index is -0.343. The summed E-state index contributed by atoms with van der Waals surface area (Å²) < 4.78 is 20.8. The number of benzene rings is 1. The van der Waals surface area contributed by atoms with Crippen molar-refractivity contribution >= 4 is 24.2 Å². The minimum Gasteiger partial charge on any atom is -0.459 e. The summed E-state index contributed by atoms with van der Waals surface area (Å²) in [5, 5.41) is 7.85. The van der Waals surface area contributed by atoms with Crippen LogP contribution in [0, 0.1) is 5.82 Å². The zero-order chi connectivity index (χ0) is 22.8. The van der Waals surface area contributed by atoms with Crippen LogP contribution in [0.4, 0.5) is 4.39 Å². The maximum atomic E-state index is 13.9. The third kappa shape index (κ3) is 4.71. The SMILES string of the molecule is Cl.O=C(c1ccco1)N1CCN(C(=O)c2cnn(-c3cccc(F)c3)c2C2CCNCC2)CC1. The average Bonchev–Trinajstić information content (AvgIpc) is 3.54. The number of carbonyl (C=O) groups is 2. The Morgan fingerprint density at radius 1 is 1.00 bits per heavy atom. The predicted octanol–water partition coefficient (Wildman–Crippen LogP) is 3.09. The van der Waals surface area contributed by atoms with Crippen molar-refractivity contribution in [2.24, 2.45) is 0 Å². The Bertz CT molecular complexity index is 1140. The first-order valence-electron chi connectivity index (χ1n) is 11.3. The number of amides is 2. The highest BCUT2D eigenvalue weighted by molar-refractivity contribution is 5.96. The second-order valence-corrected chi connectivity index (χ2v) is 8.42. The highest BCUT2D eigenvalue weighted by Crippen LogP contribution is 2.31. The average molecular weight is 488 g/mol. The van der Waals surface area contributed by atoms with E-state index in [4.69, 9.17) is 4.42 Å². The number of halogens is 2. The van der Waals surface area contributed by atoms with E-state index in [-0.39, 0.29) is 36.0 Å². The van der Waals surface area contributed by atoms with Gasteiger partial charge in [0.25, 0.3) is 11.8 Å². The third-order valence-electron chi connectivity index (χ3n) is 6.40. The van der Waals surface area contributed by atoms with Crippen LogP contribution < -0.4 is 5.32 Å². The molecular weight excluding hydrogens is 461 g/mol. The van der Waals surface area contributed by atoms with E-state index in [1.807, 2.05) is 0 Å². The summed E-state index contributed by atoms with van der Waals surface area (Å²) in [5.74, 6) is -0.153. The number of carbonyl (C=O) groups excluding carboxylic acids is 2. The quantitative estimate of drug-likeness (QED) is 0.611. The summed E-state index contributed by atoms with van der Waals surface area (Å²) in [6.07, 6.45) is 4.84. The van der Waals surface area contributed by atoms with Crippen molar-refractivity contribution in [2.75, 3.05) is 39.3 Å². The van der Waals surface area contributed by atoms with E-state index in [1.165, 1.54) is 18.4 Å². The molecule has 34 heavy (non-hydrogen) atoms. The highest BCUT2D eigenvalue weighted by Gasteiger charge is 2.32. The lowest BCUT2D eigenvalue weighted by atomic mass is 9.91. The van der Waals surface area contributed by atoms with Gasteiger partial charge in [0.15, 0.2) is 5.76 Å². The van der Waals surface area contributed by atoms with Gasteiger partial charge in [0.2, 0.25) is 0 Å². The molecular formula is C24H27ClFN5O3. The molecule has 0 bridgehead atoms. The summed E-state index contributed by atoms with van der Waals surface area (Å²) in [6.45, 7) is 3.46. The maximum Gasteiger partial charge on any atom is 0.289 e. The molecule has 0 atom stereocenters. The molecule has 2 amide bonds. The standard InChI is InChI=1S/C24H26FN5O3.ClH/c25-18-3-1-4-19(15-18)30-22(17-6-8-26-9-7-17)20(16-27-30)23(31)28-10-12-29(13-11-28)24(32)21-5-2-14-33-21;/h1-5,14-17,26H,6-13H2;1H.